The smallest absolute Gasteiger partial charge is 0.295 e. The molecule has 82 valence electrons. The fourth-order valence-electron chi connectivity index (χ4n) is 2.38. The van der Waals surface area contributed by atoms with E-state index < -0.39 is 0 Å². The van der Waals surface area contributed by atoms with Gasteiger partial charge in [0.2, 0.25) is 5.13 Å². The molecule has 1 aromatic heterocycles. The van der Waals surface area contributed by atoms with Gasteiger partial charge in [0.05, 0.1) is 19.8 Å². The van der Waals surface area contributed by atoms with Gasteiger partial charge in [0, 0.05) is 5.41 Å². The van der Waals surface area contributed by atoms with Gasteiger partial charge in [-0.25, -0.2) is 0 Å². The van der Waals surface area contributed by atoms with Crippen molar-refractivity contribution in [1.82, 2.24) is 10.2 Å². The molecule has 15 heavy (non-hydrogen) atoms. The first-order chi connectivity index (χ1) is 7.26. The highest BCUT2D eigenvalue weighted by atomic mass is 32.1. The SMILES string of the molecule is Nc1nnc(OCC2CC3(COC3)C2)s1. The van der Waals surface area contributed by atoms with Crippen LogP contribution in [-0.2, 0) is 4.74 Å². The van der Waals surface area contributed by atoms with Gasteiger partial charge < -0.3 is 15.2 Å². The van der Waals surface area contributed by atoms with E-state index in [1.807, 2.05) is 0 Å². The van der Waals surface area contributed by atoms with Gasteiger partial charge in [-0.1, -0.05) is 5.10 Å². The molecule has 0 amide bonds. The predicted octanol–water partition coefficient (Wildman–Crippen LogP) is 0.926. The van der Waals surface area contributed by atoms with E-state index >= 15 is 0 Å². The molecule has 6 heteroatoms. The van der Waals surface area contributed by atoms with E-state index in [9.17, 15) is 0 Å². The summed E-state index contributed by atoms with van der Waals surface area (Å²) in [6.45, 7) is 2.61. The van der Waals surface area contributed by atoms with E-state index in [4.69, 9.17) is 15.2 Å². The van der Waals surface area contributed by atoms with Crippen LogP contribution < -0.4 is 10.5 Å². The number of aromatic nitrogens is 2. The molecule has 1 aromatic rings. The molecule has 0 atom stereocenters. The lowest BCUT2D eigenvalue weighted by atomic mass is 9.61. The summed E-state index contributed by atoms with van der Waals surface area (Å²) < 4.78 is 10.7. The van der Waals surface area contributed by atoms with Crippen molar-refractivity contribution in [1.29, 1.82) is 0 Å². The number of nitrogens with two attached hydrogens (primary N) is 1. The summed E-state index contributed by atoms with van der Waals surface area (Å²) in [6, 6.07) is 0. The van der Waals surface area contributed by atoms with Gasteiger partial charge >= 0.3 is 0 Å². The molecule has 3 rings (SSSR count). The first-order valence-corrected chi connectivity index (χ1v) is 5.87. The minimum atomic E-state index is 0.461. The predicted molar refractivity (Wildman–Crippen MR) is 55.8 cm³/mol. The first-order valence-electron chi connectivity index (χ1n) is 5.05. The van der Waals surface area contributed by atoms with E-state index in [-0.39, 0.29) is 0 Å². The number of rotatable bonds is 3. The maximum atomic E-state index is 5.52. The lowest BCUT2D eigenvalue weighted by molar-refractivity contribution is -0.183. The third kappa shape index (κ3) is 1.68. The Morgan fingerprint density at radius 2 is 2.27 bits per heavy atom. The van der Waals surface area contributed by atoms with Crippen molar-refractivity contribution in [3.63, 3.8) is 0 Å². The molecular weight excluding hydrogens is 214 g/mol. The van der Waals surface area contributed by atoms with Gasteiger partial charge in [-0.2, -0.15) is 0 Å². The molecule has 0 radical (unpaired) electrons. The molecule has 1 spiro atoms. The first kappa shape index (κ1) is 9.35. The summed E-state index contributed by atoms with van der Waals surface area (Å²) in [4.78, 5) is 0. The minimum absolute atomic E-state index is 0.461. The van der Waals surface area contributed by atoms with Crippen molar-refractivity contribution >= 4 is 16.5 Å². The number of nitrogen functional groups attached to an aromatic ring is 1. The molecule has 0 aromatic carbocycles. The van der Waals surface area contributed by atoms with Crippen LogP contribution in [0.1, 0.15) is 12.8 Å². The highest BCUT2D eigenvalue weighted by Crippen LogP contribution is 2.50. The van der Waals surface area contributed by atoms with Crippen LogP contribution in [0.5, 0.6) is 5.19 Å². The molecule has 2 fully saturated rings. The van der Waals surface area contributed by atoms with E-state index in [2.05, 4.69) is 10.2 Å². The van der Waals surface area contributed by atoms with Crippen LogP contribution in [0.15, 0.2) is 0 Å². The van der Waals surface area contributed by atoms with Gasteiger partial charge in [0.1, 0.15) is 0 Å². The monoisotopic (exact) mass is 227 g/mol. The zero-order valence-electron chi connectivity index (χ0n) is 8.31. The van der Waals surface area contributed by atoms with Crippen molar-refractivity contribution < 1.29 is 9.47 Å². The van der Waals surface area contributed by atoms with Crippen molar-refractivity contribution in [3.8, 4) is 5.19 Å². The van der Waals surface area contributed by atoms with E-state index in [0.717, 1.165) is 19.8 Å². The van der Waals surface area contributed by atoms with E-state index in [1.54, 1.807) is 0 Å². The summed E-state index contributed by atoms with van der Waals surface area (Å²) in [5.74, 6) is 0.652. The summed E-state index contributed by atoms with van der Waals surface area (Å²) in [6.07, 6.45) is 2.45. The van der Waals surface area contributed by atoms with Gasteiger partial charge in [0.15, 0.2) is 0 Å². The molecule has 1 saturated carbocycles. The van der Waals surface area contributed by atoms with Crippen LogP contribution in [0.25, 0.3) is 0 Å². The largest absolute Gasteiger partial charge is 0.469 e. The lowest BCUT2D eigenvalue weighted by Gasteiger charge is -2.53. The lowest BCUT2D eigenvalue weighted by Crippen LogP contribution is -2.53. The standard InChI is InChI=1S/C9H13N3O2S/c10-7-11-12-8(15-7)14-3-6-1-9(2-6)4-13-5-9/h6H,1-5H2,(H2,10,11). The van der Waals surface area contributed by atoms with Crippen LogP contribution in [0.2, 0.25) is 0 Å². The number of hydrogen-bond donors (Lipinski definition) is 1. The van der Waals surface area contributed by atoms with Crippen LogP contribution in [0.3, 0.4) is 0 Å². The Morgan fingerprint density at radius 1 is 1.47 bits per heavy atom. The maximum Gasteiger partial charge on any atom is 0.295 e. The second kappa shape index (κ2) is 3.31. The molecule has 5 nitrogen and oxygen atoms in total. The molecular formula is C9H13N3O2S. The number of nitrogens with zero attached hydrogens (tertiary/aromatic N) is 2. The van der Waals surface area contributed by atoms with Gasteiger partial charge in [-0.15, -0.1) is 5.10 Å². The zero-order chi connectivity index (χ0) is 10.3. The van der Waals surface area contributed by atoms with Crippen LogP contribution >= 0.6 is 11.3 Å². The highest BCUT2D eigenvalue weighted by molar-refractivity contribution is 7.16. The topological polar surface area (TPSA) is 70.3 Å². The van der Waals surface area contributed by atoms with Gasteiger partial charge in [-0.05, 0) is 30.1 Å². The Hall–Kier alpha value is -0.880. The molecule has 2 aliphatic rings. The van der Waals surface area contributed by atoms with E-state index in [1.165, 1.54) is 24.2 Å². The molecule has 0 bridgehead atoms. The van der Waals surface area contributed by atoms with Crippen molar-refractivity contribution in [2.75, 3.05) is 25.6 Å². The van der Waals surface area contributed by atoms with Crippen LogP contribution in [0.4, 0.5) is 5.13 Å². The third-order valence-corrected chi connectivity index (χ3v) is 3.79. The maximum absolute atomic E-state index is 5.52. The average Bonchev–Trinajstić information content (AvgIpc) is 2.46. The normalized spacial score (nSPS) is 23.5. The second-order valence-electron chi connectivity index (χ2n) is 4.48. The Morgan fingerprint density at radius 3 is 2.80 bits per heavy atom. The zero-order valence-corrected chi connectivity index (χ0v) is 9.13. The summed E-state index contributed by atoms with van der Waals surface area (Å²) in [5.41, 5.74) is 5.96. The fourth-order valence-corrected chi connectivity index (χ4v) is 2.85. The number of anilines is 1. The Labute approximate surface area is 91.6 Å². The Kier molecular flexibility index (Phi) is 2.07. The molecule has 0 unspecified atom stereocenters. The Bertz CT molecular complexity index is 356. The second-order valence-corrected chi connectivity index (χ2v) is 5.46. The summed E-state index contributed by atoms with van der Waals surface area (Å²) in [5, 5.41) is 8.55. The highest BCUT2D eigenvalue weighted by Gasteiger charge is 2.49. The van der Waals surface area contributed by atoms with Gasteiger partial charge in [-0.3, -0.25) is 0 Å². The number of ether oxygens (including phenoxy) is 2. The molecule has 2 heterocycles. The van der Waals surface area contributed by atoms with Crippen molar-refractivity contribution in [2.24, 2.45) is 11.3 Å². The van der Waals surface area contributed by atoms with Crippen molar-refractivity contribution in [3.05, 3.63) is 0 Å². The summed E-state index contributed by atoms with van der Waals surface area (Å²) in [7, 11) is 0. The molecule has 1 aliphatic heterocycles. The van der Waals surface area contributed by atoms with Crippen LogP contribution in [0, 0.1) is 11.3 Å². The molecule has 2 N–H and O–H groups in total. The van der Waals surface area contributed by atoms with Gasteiger partial charge in [0.25, 0.3) is 5.19 Å². The quantitative estimate of drug-likeness (QED) is 0.831. The van der Waals surface area contributed by atoms with E-state index in [0.29, 0.717) is 21.7 Å². The number of hydrogen-bond acceptors (Lipinski definition) is 6. The minimum Gasteiger partial charge on any atom is -0.469 e. The fraction of sp³-hybridized carbons (Fsp3) is 0.778. The third-order valence-electron chi connectivity index (χ3n) is 3.12. The van der Waals surface area contributed by atoms with Crippen LogP contribution in [-0.4, -0.2) is 30.0 Å². The Balaban J connectivity index is 1.44. The van der Waals surface area contributed by atoms with Crippen molar-refractivity contribution in [2.45, 2.75) is 12.8 Å². The average molecular weight is 227 g/mol. The molecule has 1 aliphatic carbocycles. The molecule has 1 saturated heterocycles. The summed E-state index contributed by atoms with van der Waals surface area (Å²) >= 11 is 1.29.